The summed E-state index contributed by atoms with van der Waals surface area (Å²) >= 11 is 1.33. The van der Waals surface area contributed by atoms with E-state index in [-0.39, 0.29) is 23.2 Å². The van der Waals surface area contributed by atoms with Crippen LogP contribution in [0.4, 0.5) is 5.95 Å². The summed E-state index contributed by atoms with van der Waals surface area (Å²) < 4.78 is 1.32. The lowest BCUT2D eigenvalue weighted by atomic mass is 10.2. The van der Waals surface area contributed by atoms with Gasteiger partial charge in [0.15, 0.2) is 0 Å². The summed E-state index contributed by atoms with van der Waals surface area (Å²) in [5.74, 6) is -0.0662. The molecule has 16 heavy (non-hydrogen) atoms. The van der Waals surface area contributed by atoms with E-state index < -0.39 is 11.8 Å². The van der Waals surface area contributed by atoms with Gasteiger partial charge in [-0.15, -0.1) is 11.8 Å². The van der Waals surface area contributed by atoms with E-state index in [1.165, 1.54) is 22.7 Å². The van der Waals surface area contributed by atoms with Crippen LogP contribution < -0.4 is 11.4 Å². The number of hydrogen-bond acceptors (Lipinski definition) is 7. The van der Waals surface area contributed by atoms with E-state index in [1.807, 2.05) is 0 Å². The minimum atomic E-state index is -0.621. The third-order valence-electron chi connectivity index (χ3n) is 2.44. The number of thioether (sulfide) groups is 1. The van der Waals surface area contributed by atoms with Crippen LogP contribution in [0, 0.1) is 0 Å². The molecule has 0 aliphatic carbocycles. The number of aliphatic hydroxyl groups excluding tert-OH is 2. The molecule has 1 aliphatic heterocycles. The molecule has 1 aromatic heterocycles. The van der Waals surface area contributed by atoms with Crippen molar-refractivity contribution in [3.63, 3.8) is 0 Å². The lowest BCUT2D eigenvalue weighted by Crippen LogP contribution is -2.26. The number of aromatic nitrogens is 3. The van der Waals surface area contributed by atoms with Crippen molar-refractivity contribution in [2.75, 3.05) is 12.3 Å². The number of hydrogen-bond donors (Lipinski definition) is 3. The van der Waals surface area contributed by atoms with Gasteiger partial charge in [0.05, 0.1) is 23.3 Å². The van der Waals surface area contributed by atoms with E-state index >= 15 is 0 Å². The van der Waals surface area contributed by atoms with Gasteiger partial charge in [0.1, 0.15) is 6.33 Å². The number of aliphatic hydroxyl groups is 2. The Kier molecular flexibility index (Phi) is 3.13. The van der Waals surface area contributed by atoms with Crippen molar-refractivity contribution in [1.29, 1.82) is 0 Å². The van der Waals surface area contributed by atoms with Gasteiger partial charge in [0.2, 0.25) is 5.95 Å². The van der Waals surface area contributed by atoms with Gasteiger partial charge in [-0.3, -0.25) is 4.57 Å². The Morgan fingerprint density at radius 1 is 1.69 bits per heavy atom. The van der Waals surface area contributed by atoms with Crippen LogP contribution in [-0.2, 0) is 0 Å². The molecule has 1 aliphatic rings. The maximum absolute atomic E-state index is 11.5. The molecule has 4 N–H and O–H groups in total. The Morgan fingerprint density at radius 2 is 2.44 bits per heavy atom. The van der Waals surface area contributed by atoms with Gasteiger partial charge in [-0.1, -0.05) is 0 Å². The number of nitrogens with two attached hydrogens (primary N) is 1. The molecule has 1 unspecified atom stereocenters. The van der Waals surface area contributed by atoms with Gasteiger partial charge in [0, 0.05) is 6.42 Å². The maximum Gasteiger partial charge on any atom is 0.353 e. The van der Waals surface area contributed by atoms with Crippen LogP contribution in [0.5, 0.6) is 0 Å². The van der Waals surface area contributed by atoms with E-state index in [0.717, 1.165) is 0 Å². The van der Waals surface area contributed by atoms with Crippen molar-refractivity contribution in [3.8, 4) is 0 Å². The summed E-state index contributed by atoms with van der Waals surface area (Å²) in [7, 11) is 0. The highest BCUT2D eigenvalue weighted by atomic mass is 32.2. The summed E-state index contributed by atoms with van der Waals surface area (Å²) in [6, 6.07) is 0. The summed E-state index contributed by atoms with van der Waals surface area (Å²) in [6.45, 7) is -0.118. The number of nitrogens with zero attached hydrogens (tertiary/aromatic N) is 3. The van der Waals surface area contributed by atoms with Crippen LogP contribution in [0.2, 0.25) is 0 Å². The molecule has 8 heteroatoms. The molecule has 0 aromatic carbocycles. The summed E-state index contributed by atoms with van der Waals surface area (Å²) in [5, 5.41) is 18.1. The second-order valence-electron chi connectivity index (χ2n) is 3.52. The molecule has 0 bridgehead atoms. The molecule has 0 spiro atoms. The molecular weight excluding hydrogens is 232 g/mol. The predicted molar refractivity (Wildman–Crippen MR) is 58.8 cm³/mol. The minimum absolute atomic E-state index is 0.0662. The normalized spacial score (nSPS) is 29.5. The van der Waals surface area contributed by atoms with Crippen LogP contribution in [-0.4, -0.2) is 42.7 Å². The van der Waals surface area contributed by atoms with Crippen molar-refractivity contribution in [2.45, 2.75) is 23.1 Å². The molecule has 0 amide bonds. The smallest absolute Gasteiger partial charge is 0.353 e. The molecule has 1 fully saturated rings. The Bertz CT molecular complexity index is 438. The molecule has 1 saturated heterocycles. The predicted octanol–water partition coefficient (Wildman–Crippen LogP) is -1.42. The van der Waals surface area contributed by atoms with Gasteiger partial charge in [-0.05, 0) is 0 Å². The zero-order valence-corrected chi connectivity index (χ0v) is 9.17. The van der Waals surface area contributed by atoms with E-state index in [1.54, 1.807) is 0 Å². The second kappa shape index (κ2) is 4.40. The van der Waals surface area contributed by atoms with Crippen molar-refractivity contribution < 1.29 is 10.2 Å². The van der Waals surface area contributed by atoms with E-state index in [2.05, 4.69) is 9.97 Å². The number of rotatable bonds is 2. The van der Waals surface area contributed by atoms with Gasteiger partial charge >= 0.3 is 5.69 Å². The monoisotopic (exact) mass is 244 g/mol. The average molecular weight is 244 g/mol. The van der Waals surface area contributed by atoms with E-state index in [4.69, 9.17) is 10.8 Å². The summed E-state index contributed by atoms with van der Waals surface area (Å²) in [5.41, 5.74) is 4.79. The van der Waals surface area contributed by atoms with Crippen LogP contribution in [0.15, 0.2) is 11.1 Å². The fraction of sp³-hybridized carbons (Fsp3) is 0.625. The molecule has 3 atom stereocenters. The maximum atomic E-state index is 11.5. The van der Waals surface area contributed by atoms with Gasteiger partial charge in [0.25, 0.3) is 0 Å². The SMILES string of the molecule is Nc1ncn([C@H]2C[C@H](O)C(CO)S2)c(=O)n1. The standard InChI is InChI=1S/C8H12N4O3S/c9-7-10-3-12(8(15)11-7)6-1-4(14)5(2-13)16-6/h3-6,13-14H,1-2H2,(H2,9,11,15)/t4-,5?,6+/m0/s1. The fourth-order valence-corrected chi connectivity index (χ4v) is 2.97. The Hall–Kier alpha value is -1.12. The first-order valence-corrected chi connectivity index (χ1v) is 5.71. The topological polar surface area (TPSA) is 114 Å². The Labute approximate surface area is 95.3 Å². The number of nitrogen functional groups attached to an aromatic ring is 1. The molecule has 2 heterocycles. The van der Waals surface area contributed by atoms with E-state index in [0.29, 0.717) is 6.42 Å². The minimum Gasteiger partial charge on any atom is -0.395 e. The molecule has 0 radical (unpaired) electrons. The quantitative estimate of drug-likeness (QED) is 0.584. The molecule has 1 aromatic rings. The summed E-state index contributed by atoms with van der Waals surface area (Å²) in [4.78, 5) is 18.7. The number of anilines is 1. The molecule has 88 valence electrons. The van der Waals surface area contributed by atoms with Crippen molar-refractivity contribution >= 4 is 17.7 Å². The van der Waals surface area contributed by atoms with Crippen molar-refractivity contribution in [3.05, 3.63) is 16.8 Å². The van der Waals surface area contributed by atoms with Crippen molar-refractivity contribution in [2.24, 2.45) is 0 Å². The highest BCUT2D eigenvalue weighted by Gasteiger charge is 2.34. The van der Waals surface area contributed by atoms with Gasteiger partial charge < -0.3 is 15.9 Å². The molecule has 7 nitrogen and oxygen atoms in total. The fourth-order valence-electron chi connectivity index (χ4n) is 1.60. The zero-order valence-electron chi connectivity index (χ0n) is 8.35. The highest BCUT2D eigenvalue weighted by molar-refractivity contribution is 8.00. The van der Waals surface area contributed by atoms with Gasteiger partial charge in [-0.2, -0.15) is 4.98 Å². The lowest BCUT2D eigenvalue weighted by Gasteiger charge is -2.11. The molecular formula is C8H12N4O3S. The summed E-state index contributed by atoms with van der Waals surface area (Å²) in [6.07, 6.45) is 1.09. The molecule has 2 rings (SSSR count). The van der Waals surface area contributed by atoms with E-state index in [9.17, 15) is 9.90 Å². The first kappa shape index (κ1) is 11.4. The second-order valence-corrected chi connectivity index (χ2v) is 4.94. The average Bonchev–Trinajstić information content (AvgIpc) is 2.59. The van der Waals surface area contributed by atoms with Crippen LogP contribution in [0.25, 0.3) is 0 Å². The largest absolute Gasteiger partial charge is 0.395 e. The van der Waals surface area contributed by atoms with Crippen molar-refractivity contribution in [1.82, 2.24) is 14.5 Å². The third-order valence-corrected chi connectivity index (χ3v) is 3.99. The first-order chi connectivity index (χ1) is 7.61. The van der Waals surface area contributed by atoms with Gasteiger partial charge in [-0.25, -0.2) is 9.78 Å². The Morgan fingerprint density at radius 3 is 3.00 bits per heavy atom. The Balaban J connectivity index is 2.23. The highest BCUT2D eigenvalue weighted by Crippen LogP contribution is 2.40. The van der Waals surface area contributed by atoms with Crippen LogP contribution in [0.1, 0.15) is 11.8 Å². The molecule has 0 saturated carbocycles. The van der Waals surface area contributed by atoms with Crippen LogP contribution in [0.3, 0.4) is 0 Å². The zero-order chi connectivity index (χ0) is 11.7. The first-order valence-electron chi connectivity index (χ1n) is 4.77. The lowest BCUT2D eigenvalue weighted by molar-refractivity contribution is 0.137. The van der Waals surface area contributed by atoms with Crippen LogP contribution >= 0.6 is 11.8 Å². The third kappa shape index (κ3) is 2.04.